The van der Waals surface area contributed by atoms with E-state index in [9.17, 15) is 0 Å². The molecular weight excluding hydrogens is 326 g/mol. The van der Waals surface area contributed by atoms with E-state index < -0.39 is 0 Å². The van der Waals surface area contributed by atoms with Crippen LogP contribution in [-0.2, 0) is 11.3 Å². The minimum atomic E-state index is 0.0650. The molecule has 1 fully saturated rings. The van der Waals surface area contributed by atoms with E-state index in [0.717, 1.165) is 24.5 Å². The summed E-state index contributed by atoms with van der Waals surface area (Å²) in [6, 6.07) is 5.98. The van der Waals surface area contributed by atoms with Gasteiger partial charge in [-0.15, -0.1) is 11.3 Å². The number of hydrogen-bond donors (Lipinski definition) is 0. The second kappa shape index (κ2) is 6.84. The Morgan fingerprint density at radius 3 is 3.17 bits per heavy atom. The van der Waals surface area contributed by atoms with E-state index >= 15 is 0 Å². The van der Waals surface area contributed by atoms with Crippen molar-refractivity contribution in [3.05, 3.63) is 41.9 Å². The molecule has 0 radical (unpaired) electrons. The van der Waals surface area contributed by atoms with Crippen molar-refractivity contribution in [1.29, 1.82) is 0 Å². The van der Waals surface area contributed by atoms with Gasteiger partial charge in [-0.2, -0.15) is 10.1 Å². The Bertz CT molecular complexity index is 755. The number of ether oxygens (including phenoxy) is 1. The monoisotopic (exact) mass is 345 g/mol. The molecule has 0 spiro atoms. The lowest BCUT2D eigenvalue weighted by Crippen LogP contribution is -2.45. The van der Waals surface area contributed by atoms with Crippen molar-refractivity contribution in [2.75, 3.05) is 19.7 Å². The third kappa shape index (κ3) is 3.26. The van der Waals surface area contributed by atoms with Crippen molar-refractivity contribution in [3.63, 3.8) is 0 Å². The van der Waals surface area contributed by atoms with E-state index in [1.54, 1.807) is 17.5 Å². The molecule has 0 bridgehead atoms. The SMILES string of the molecule is C[C@H](c1nc(-c2cccs2)no1)N1CCO[C@H](Cn2cccn2)C1. The van der Waals surface area contributed by atoms with Crippen molar-refractivity contribution < 1.29 is 9.26 Å². The third-order valence-electron chi connectivity index (χ3n) is 4.21. The number of aromatic nitrogens is 4. The number of morpholine rings is 1. The van der Waals surface area contributed by atoms with Gasteiger partial charge in [-0.3, -0.25) is 9.58 Å². The lowest BCUT2D eigenvalue weighted by Gasteiger charge is -2.35. The van der Waals surface area contributed by atoms with E-state index in [4.69, 9.17) is 9.26 Å². The Kier molecular flexibility index (Phi) is 4.42. The van der Waals surface area contributed by atoms with Crippen LogP contribution >= 0.6 is 11.3 Å². The van der Waals surface area contributed by atoms with Crippen LogP contribution in [-0.4, -0.2) is 50.6 Å². The molecule has 3 aromatic heterocycles. The highest BCUT2D eigenvalue weighted by Gasteiger charge is 2.28. The van der Waals surface area contributed by atoms with Crippen LogP contribution in [0.3, 0.4) is 0 Å². The summed E-state index contributed by atoms with van der Waals surface area (Å²) in [5, 5.41) is 10.4. The maximum absolute atomic E-state index is 5.86. The lowest BCUT2D eigenvalue weighted by atomic mass is 10.2. The minimum absolute atomic E-state index is 0.0650. The zero-order valence-electron chi connectivity index (χ0n) is 13.4. The molecule has 3 aromatic rings. The Morgan fingerprint density at radius 2 is 2.38 bits per heavy atom. The molecule has 1 saturated heterocycles. The highest BCUT2D eigenvalue weighted by molar-refractivity contribution is 7.13. The normalized spacial score (nSPS) is 20.3. The van der Waals surface area contributed by atoms with Crippen molar-refractivity contribution in [3.8, 4) is 10.7 Å². The van der Waals surface area contributed by atoms with Gasteiger partial charge in [-0.05, 0) is 24.4 Å². The summed E-state index contributed by atoms with van der Waals surface area (Å²) in [7, 11) is 0. The van der Waals surface area contributed by atoms with E-state index in [0.29, 0.717) is 18.3 Å². The molecule has 7 nitrogen and oxygen atoms in total. The average molecular weight is 345 g/mol. The molecule has 1 aliphatic rings. The standard InChI is InChI=1S/C16H19N5O2S/c1-12(16-18-15(19-23-16)14-4-2-9-24-14)20-7-8-22-13(10-20)11-21-6-3-5-17-21/h2-6,9,12-13H,7-8,10-11H2,1H3/t12-,13+/m1/s1. The largest absolute Gasteiger partial charge is 0.374 e. The number of rotatable bonds is 5. The van der Waals surface area contributed by atoms with Crippen LogP contribution in [0.5, 0.6) is 0 Å². The first-order valence-corrected chi connectivity index (χ1v) is 8.88. The summed E-state index contributed by atoms with van der Waals surface area (Å²) in [6.07, 6.45) is 3.85. The van der Waals surface area contributed by atoms with Gasteiger partial charge in [0.1, 0.15) is 0 Å². The number of hydrogen-bond acceptors (Lipinski definition) is 7. The maximum Gasteiger partial charge on any atom is 0.244 e. The zero-order valence-corrected chi connectivity index (χ0v) is 14.2. The summed E-state index contributed by atoms with van der Waals surface area (Å²) in [5.41, 5.74) is 0. The average Bonchev–Trinajstić information content (AvgIpc) is 3.35. The molecule has 2 atom stereocenters. The first kappa shape index (κ1) is 15.5. The van der Waals surface area contributed by atoms with Crippen LogP contribution in [0.1, 0.15) is 18.9 Å². The van der Waals surface area contributed by atoms with Crippen LogP contribution in [0.2, 0.25) is 0 Å². The van der Waals surface area contributed by atoms with Crippen LogP contribution in [0, 0.1) is 0 Å². The van der Waals surface area contributed by atoms with Gasteiger partial charge in [0.15, 0.2) is 0 Å². The van der Waals surface area contributed by atoms with Crippen LogP contribution in [0.15, 0.2) is 40.5 Å². The fourth-order valence-electron chi connectivity index (χ4n) is 2.89. The summed E-state index contributed by atoms with van der Waals surface area (Å²) < 4.78 is 13.3. The van der Waals surface area contributed by atoms with E-state index in [1.807, 2.05) is 34.5 Å². The summed E-state index contributed by atoms with van der Waals surface area (Å²) >= 11 is 1.61. The molecule has 126 valence electrons. The van der Waals surface area contributed by atoms with Crippen molar-refractivity contribution in [2.45, 2.75) is 25.6 Å². The van der Waals surface area contributed by atoms with Gasteiger partial charge in [-0.25, -0.2) is 0 Å². The Morgan fingerprint density at radius 1 is 1.42 bits per heavy atom. The van der Waals surface area contributed by atoms with Crippen molar-refractivity contribution >= 4 is 11.3 Å². The Hall–Kier alpha value is -2.03. The third-order valence-corrected chi connectivity index (χ3v) is 5.07. The molecule has 0 saturated carbocycles. The summed E-state index contributed by atoms with van der Waals surface area (Å²) in [4.78, 5) is 7.91. The second-order valence-corrected chi connectivity index (χ2v) is 6.77. The van der Waals surface area contributed by atoms with Gasteiger partial charge in [0.05, 0.1) is 30.2 Å². The second-order valence-electron chi connectivity index (χ2n) is 5.83. The van der Waals surface area contributed by atoms with E-state index in [1.165, 1.54) is 0 Å². The molecule has 0 amide bonds. The predicted octanol–water partition coefficient (Wildman–Crippen LogP) is 2.46. The quantitative estimate of drug-likeness (QED) is 0.707. The van der Waals surface area contributed by atoms with Gasteiger partial charge < -0.3 is 9.26 Å². The Balaban J connectivity index is 1.43. The molecule has 24 heavy (non-hydrogen) atoms. The molecular formula is C16H19N5O2S. The first-order chi connectivity index (χ1) is 11.8. The molecule has 1 aliphatic heterocycles. The fourth-order valence-corrected chi connectivity index (χ4v) is 3.54. The number of nitrogens with zero attached hydrogens (tertiary/aromatic N) is 5. The minimum Gasteiger partial charge on any atom is -0.374 e. The summed E-state index contributed by atoms with van der Waals surface area (Å²) in [6.45, 7) is 5.22. The van der Waals surface area contributed by atoms with Crippen LogP contribution in [0.4, 0.5) is 0 Å². The topological polar surface area (TPSA) is 69.2 Å². The van der Waals surface area contributed by atoms with E-state index in [2.05, 4.69) is 27.1 Å². The zero-order chi connectivity index (χ0) is 16.4. The molecule has 4 rings (SSSR count). The molecule has 0 aliphatic carbocycles. The van der Waals surface area contributed by atoms with Crippen molar-refractivity contribution in [1.82, 2.24) is 24.8 Å². The molecule has 8 heteroatoms. The van der Waals surface area contributed by atoms with E-state index in [-0.39, 0.29) is 12.1 Å². The molecule has 0 aromatic carbocycles. The smallest absolute Gasteiger partial charge is 0.244 e. The van der Waals surface area contributed by atoms with Gasteiger partial charge in [0.25, 0.3) is 0 Å². The van der Waals surface area contributed by atoms with Gasteiger partial charge in [0.2, 0.25) is 11.7 Å². The van der Waals surface area contributed by atoms with Crippen molar-refractivity contribution in [2.24, 2.45) is 0 Å². The molecule has 0 unspecified atom stereocenters. The predicted molar refractivity (Wildman–Crippen MR) is 89.6 cm³/mol. The fraction of sp³-hybridized carbons (Fsp3) is 0.438. The highest BCUT2D eigenvalue weighted by atomic mass is 32.1. The van der Waals surface area contributed by atoms with Crippen LogP contribution < -0.4 is 0 Å². The highest BCUT2D eigenvalue weighted by Crippen LogP contribution is 2.26. The maximum atomic E-state index is 5.86. The first-order valence-electron chi connectivity index (χ1n) is 8.00. The number of thiophene rings is 1. The van der Waals surface area contributed by atoms with Crippen LogP contribution in [0.25, 0.3) is 10.7 Å². The van der Waals surface area contributed by atoms with Gasteiger partial charge >= 0.3 is 0 Å². The van der Waals surface area contributed by atoms with Gasteiger partial charge in [-0.1, -0.05) is 11.2 Å². The van der Waals surface area contributed by atoms with Gasteiger partial charge in [0, 0.05) is 25.5 Å². The summed E-state index contributed by atoms with van der Waals surface area (Å²) in [5.74, 6) is 1.31. The Labute approximate surface area is 143 Å². The molecule has 4 heterocycles. The lowest BCUT2D eigenvalue weighted by molar-refractivity contribution is -0.0532. The molecule has 0 N–H and O–H groups in total.